The summed E-state index contributed by atoms with van der Waals surface area (Å²) in [4.78, 5) is 15.2. The van der Waals surface area contributed by atoms with Gasteiger partial charge in [-0.2, -0.15) is 0 Å². The molecule has 0 bridgehead atoms. The number of hydrogen-bond acceptors (Lipinski definition) is 3. The zero-order valence-electron chi connectivity index (χ0n) is 18.0. The van der Waals surface area contributed by atoms with Crippen LogP contribution in [0.4, 0.5) is 10.1 Å². The predicted octanol–water partition coefficient (Wildman–Crippen LogP) is 5.55. The van der Waals surface area contributed by atoms with Crippen LogP contribution in [0.15, 0.2) is 53.5 Å². The lowest BCUT2D eigenvalue weighted by molar-refractivity contribution is 0.252. The van der Waals surface area contributed by atoms with E-state index in [9.17, 15) is 9.18 Å². The molecule has 0 spiro atoms. The van der Waals surface area contributed by atoms with Crippen LogP contribution in [-0.2, 0) is 0 Å². The maximum absolute atomic E-state index is 14.9. The molecule has 0 N–H and O–H groups in total. The molecule has 1 unspecified atom stereocenters. The summed E-state index contributed by atoms with van der Waals surface area (Å²) in [6.07, 6.45) is 7.87. The highest BCUT2D eigenvalue weighted by Crippen LogP contribution is 2.29. The summed E-state index contributed by atoms with van der Waals surface area (Å²) in [6, 6.07) is 12.6. The monoisotopic (exact) mass is 420 g/mol. The largest absolute Gasteiger partial charge is 0.493 e. The minimum Gasteiger partial charge on any atom is -0.493 e. The lowest BCUT2D eigenvalue weighted by Crippen LogP contribution is -2.21. The molecule has 31 heavy (non-hydrogen) atoms. The summed E-state index contributed by atoms with van der Waals surface area (Å²) in [5, 5.41) is 1.45. The number of hydrogen-bond donors (Lipinski definition) is 0. The lowest BCUT2D eigenvalue weighted by Gasteiger charge is -2.19. The Kier molecular flexibility index (Phi) is 5.43. The van der Waals surface area contributed by atoms with Gasteiger partial charge in [-0.1, -0.05) is 19.8 Å². The second-order valence-electron chi connectivity index (χ2n) is 9.18. The molecule has 1 saturated heterocycles. The third-order valence-electron chi connectivity index (χ3n) is 6.81. The Labute approximate surface area is 182 Å². The van der Waals surface area contributed by atoms with Crippen molar-refractivity contribution in [3.63, 3.8) is 0 Å². The van der Waals surface area contributed by atoms with Gasteiger partial charge >= 0.3 is 0 Å². The van der Waals surface area contributed by atoms with E-state index in [0.29, 0.717) is 28.6 Å². The van der Waals surface area contributed by atoms with Gasteiger partial charge in [-0.25, -0.2) is 4.39 Å². The first kappa shape index (κ1) is 20.1. The van der Waals surface area contributed by atoms with E-state index in [1.807, 2.05) is 30.3 Å². The molecular formula is C26H29FN2O2. The summed E-state index contributed by atoms with van der Waals surface area (Å²) in [6.45, 7) is 4.67. The van der Waals surface area contributed by atoms with Crippen LogP contribution in [0.2, 0.25) is 0 Å². The van der Waals surface area contributed by atoms with Crippen LogP contribution >= 0.6 is 0 Å². The number of ether oxygens (including phenoxy) is 1. The van der Waals surface area contributed by atoms with E-state index in [1.54, 1.807) is 12.3 Å². The van der Waals surface area contributed by atoms with Gasteiger partial charge in [0.1, 0.15) is 11.6 Å². The molecule has 2 aromatic carbocycles. The number of nitrogens with zero attached hydrogens (tertiary/aromatic N) is 2. The van der Waals surface area contributed by atoms with Gasteiger partial charge in [-0.05, 0) is 72.9 Å². The first-order chi connectivity index (χ1) is 15.1. The SMILES string of the molecule is CC1CCN(c2ccc(-n3ccc4cc(OCC5CCCC5)ccc4c3=O)cc2F)C1. The Balaban J connectivity index is 1.40. The molecule has 2 aliphatic rings. The van der Waals surface area contributed by atoms with Gasteiger partial charge in [0.2, 0.25) is 0 Å². The highest BCUT2D eigenvalue weighted by atomic mass is 19.1. The van der Waals surface area contributed by atoms with Crippen LogP contribution in [0.5, 0.6) is 5.75 Å². The normalized spacial score (nSPS) is 19.4. The van der Waals surface area contributed by atoms with Crippen molar-refractivity contribution in [3.8, 4) is 11.4 Å². The molecular weight excluding hydrogens is 391 g/mol. The third-order valence-corrected chi connectivity index (χ3v) is 6.81. The summed E-state index contributed by atoms with van der Waals surface area (Å²) < 4.78 is 22.3. The maximum atomic E-state index is 14.9. The number of anilines is 1. The van der Waals surface area contributed by atoms with Crippen molar-refractivity contribution >= 4 is 16.5 Å². The average molecular weight is 421 g/mol. The Hall–Kier alpha value is -2.82. The lowest BCUT2D eigenvalue weighted by atomic mass is 10.1. The molecule has 0 radical (unpaired) electrons. The zero-order chi connectivity index (χ0) is 21.4. The van der Waals surface area contributed by atoms with E-state index >= 15 is 0 Å². The zero-order valence-corrected chi connectivity index (χ0v) is 18.0. The summed E-state index contributed by atoms with van der Waals surface area (Å²) in [5.74, 6) is 1.74. The van der Waals surface area contributed by atoms with Crippen LogP contribution in [0.3, 0.4) is 0 Å². The smallest absolute Gasteiger partial charge is 0.262 e. The fourth-order valence-electron chi connectivity index (χ4n) is 4.97. The Bertz CT molecular complexity index is 1150. The molecule has 162 valence electrons. The van der Waals surface area contributed by atoms with Crippen LogP contribution in [0, 0.1) is 17.7 Å². The fourth-order valence-corrected chi connectivity index (χ4v) is 4.97. The quantitative estimate of drug-likeness (QED) is 0.543. The van der Waals surface area contributed by atoms with Gasteiger partial charge in [0.15, 0.2) is 0 Å². The number of fused-ring (bicyclic) bond motifs is 1. The van der Waals surface area contributed by atoms with Gasteiger partial charge in [0.25, 0.3) is 5.56 Å². The van der Waals surface area contributed by atoms with Crippen LogP contribution in [0.1, 0.15) is 39.0 Å². The van der Waals surface area contributed by atoms with Gasteiger partial charge in [-0.15, -0.1) is 0 Å². The number of pyridine rings is 1. The van der Waals surface area contributed by atoms with Crippen LogP contribution < -0.4 is 15.2 Å². The Morgan fingerprint density at radius 2 is 1.90 bits per heavy atom. The van der Waals surface area contributed by atoms with E-state index in [4.69, 9.17) is 4.74 Å². The maximum Gasteiger partial charge on any atom is 0.262 e. The van der Waals surface area contributed by atoms with Crippen molar-refractivity contribution in [2.24, 2.45) is 11.8 Å². The second kappa shape index (κ2) is 8.37. The van der Waals surface area contributed by atoms with Crippen molar-refractivity contribution < 1.29 is 9.13 Å². The molecule has 1 atom stereocenters. The molecule has 2 fully saturated rings. The van der Waals surface area contributed by atoms with Crippen LogP contribution in [0.25, 0.3) is 16.5 Å². The molecule has 3 aromatic rings. The average Bonchev–Trinajstić information content (AvgIpc) is 3.44. The molecule has 5 heteroatoms. The minimum absolute atomic E-state index is 0.151. The Morgan fingerprint density at radius 1 is 1.06 bits per heavy atom. The summed E-state index contributed by atoms with van der Waals surface area (Å²) >= 11 is 0. The third kappa shape index (κ3) is 4.06. The molecule has 2 heterocycles. The topological polar surface area (TPSA) is 34.5 Å². The van der Waals surface area contributed by atoms with E-state index in [2.05, 4.69) is 11.8 Å². The van der Waals surface area contributed by atoms with E-state index in [0.717, 1.165) is 37.3 Å². The van der Waals surface area contributed by atoms with Gasteiger partial charge in [-0.3, -0.25) is 9.36 Å². The molecule has 1 aromatic heterocycles. The summed E-state index contributed by atoms with van der Waals surface area (Å²) in [5.41, 5.74) is 1.01. The first-order valence-electron chi connectivity index (χ1n) is 11.4. The second-order valence-corrected chi connectivity index (χ2v) is 9.18. The molecule has 4 nitrogen and oxygen atoms in total. The van der Waals surface area contributed by atoms with Crippen molar-refractivity contribution in [1.29, 1.82) is 0 Å². The van der Waals surface area contributed by atoms with Gasteiger partial charge in [0.05, 0.1) is 18.0 Å². The van der Waals surface area contributed by atoms with Crippen molar-refractivity contribution in [1.82, 2.24) is 4.57 Å². The highest BCUT2D eigenvalue weighted by molar-refractivity contribution is 5.83. The van der Waals surface area contributed by atoms with Gasteiger partial charge < -0.3 is 9.64 Å². The standard InChI is InChI=1S/C26H29FN2O2/c1-18-10-12-28(16-18)25-9-6-21(15-24(25)27)29-13-11-20-14-22(7-8-23(20)26(29)30)31-17-19-4-2-3-5-19/h6-9,11,13-15,18-19H,2-5,10,12,16-17H2,1H3. The number of halogens is 1. The molecule has 0 amide bonds. The number of aromatic nitrogens is 1. The first-order valence-corrected chi connectivity index (χ1v) is 11.4. The van der Waals surface area contributed by atoms with Crippen molar-refractivity contribution in [2.75, 3.05) is 24.6 Å². The van der Waals surface area contributed by atoms with Gasteiger partial charge in [0, 0.05) is 30.7 Å². The molecule has 1 aliphatic carbocycles. The molecule has 1 aliphatic heterocycles. The van der Waals surface area contributed by atoms with E-state index in [-0.39, 0.29) is 11.4 Å². The van der Waals surface area contributed by atoms with Crippen molar-refractivity contribution in [3.05, 3.63) is 64.8 Å². The highest BCUT2D eigenvalue weighted by Gasteiger charge is 2.22. The number of benzene rings is 2. The molecule has 1 saturated carbocycles. The minimum atomic E-state index is -0.283. The van der Waals surface area contributed by atoms with E-state index < -0.39 is 0 Å². The summed E-state index contributed by atoms with van der Waals surface area (Å²) in [7, 11) is 0. The fraction of sp³-hybridized carbons (Fsp3) is 0.423. The Morgan fingerprint density at radius 3 is 2.65 bits per heavy atom. The van der Waals surface area contributed by atoms with Crippen molar-refractivity contribution in [2.45, 2.75) is 39.0 Å². The van der Waals surface area contributed by atoms with Crippen LogP contribution in [-0.4, -0.2) is 24.3 Å². The predicted molar refractivity (Wildman–Crippen MR) is 123 cm³/mol. The van der Waals surface area contributed by atoms with E-state index in [1.165, 1.54) is 36.3 Å². The number of rotatable bonds is 5. The molecule has 5 rings (SSSR count).